The van der Waals surface area contributed by atoms with E-state index in [-0.39, 0.29) is 24.6 Å². The van der Waals surface area contributed by atoms with E-state index in [2.05, 4.69) is 19.9 Å². The maximum absolute atomic E-state index is 6.19. The molecule has 0 saturated carbocycles. The van der Waals surface area contributed by atoms with E-state index in [4.69, 9.17) is 10.5 Å². The first-order chi connectivity index (χ1) is 7.50. The Kier molecular flexibility index (Phi) is 7.24. The molecule has 1 aromatic rings. The Morgan fingerprint density at radius 1 is 1.12 bits per heavy atom. The molecule has 0 aliphatic carbocycles. The van der Waals surface area contributed by atoms with Gasteiger partial charge in [-0.25, -0.2) is 0 Å². The summed E-state index contributed by atoms with van der Waals surface area (Å²) in [5.74, 6) is 1.52. The lowest BCUT2D eigenvalue weighted by Crippen LogP contribution is -2.16. The molecule has 2 nitrogen and oxygen atoms in total. The number of para-hydroxylation sites is 1. The van der Waals surface area contributed by atoms with Crippen molar-refractivity contribution in [3.8, 4) is 5.75 Å². The Morgan fingerprint density at radius 2 is 1.71 bits per heavy atom. The Hall–Kier alpha value is -0.730. The minimum absolute atomic E-state index is 0. The van der Waals surface area contributed by atoms with Crippen LogP contribution in [-0.2, 0) is 0 Å². The summed E-state index contributed by atoms with van der Waals surface area (Å²) in [5.41, 5.74) is 7.31. The van der Waals surface area contributed by atoms with Crippen molar-refractivity contribution >= 4 is 12.4 Å². The van der Waals surface area contributed by atoms with Crippen molar-refractivity contribution in [3.63, 3.8) is 0 Å². The molecule has 3 heteroatoms. The molecule has 1 atom stereocenters. The first kappa shape index (κ1) is 16.3. The fraction of sp³-hybridized carbons (Fsp3) is 0.571. The van der Waals surface area contributed by atoms with Crippen LogP contribution in [0.25, 0.3) is 0 Å². The molecule has 0 unspecified atom stereocenters. The van der Waals surface area contributed by atoms with Crippen LogP contribution in [0.3, 0.4) is 0 Å². The number of hydrogen-bond acceptors (Lipinski definition) is 2. The molecule has 0 aliphatic rings. The van der Waals surface area contributed by atoms with E-state index in [9.17, 15) is 0 Å². The van der Waals surface area contributed by atoms with Gasteiger partial charge in [-0.15, -0.1) is 12.4 Å². The highest BCUT2D eigenvalue weighted by molar-refractivity contribution is 5.85. The lowest BCUT2D eigenvalue weighted by atomic mass is 9.97. The van der Waals surface area contributed by atoms with E-state index in [1.807, 2.05) is 32.0 Å². The number of rotatable bonds is 5. The highest BCUT2D eigenvalue weighted by Gasteiger charge is 2.13. The molecule has 0 fully saturated rings. The van der Waals surface area contributed by atoms with Gasteiger partial charge in [-0.05, 0) is 32.3 Å². The molecular weight excluding hydrogens is 234 g/mol. The highest BCUT2D eigenvalue weighted by atomic mass is 35.5. The van der Waals surface area contributed by atoms with E-state index in [0.29, 0.717) is 5.92 Å². The van der Waals surface area contributed by atoms with Gasteiger partial charge in [0.15, 0.2) is 0 Å². The molecule has 0 bridgehead atoms. The summed E-state index contributed by atoms with van der Waals surface area (Å²) in [6.45, 7) is 8.44. The van der Waals surface area contributed by atoms with Crippen molar-refractivity contribution < 1.29 is 4.74 Å². The van der Waals surface area contributed by atoms with Crippen LogP contribution < -0.4 is 10.5 Å². The number of benzene rings is 1. The predicted molar refractivity (Wildman–Crippen MR) is 75.8 cm³/mol. The lowest BCUT2D eigenvalue weighted by molar-refractivity contribution is 0.238. The van der Waals surface area contributed by atoms with Gasteiger partial charge in [0.2, 0.25) is 0 Å². The average Bonchev–Trinajstić information content (AvgIpc) is 2.16. The molecule has 0 aromatic heterocycles. The summed E-state index contributed by atoms with van der Waals surface area (Å²) in [5, 5.41) is 0. The van der Waals surface area contributed by atoms with Crippen LogP contribution in [0, 0.1) is 5.92 Å². The van der Waals surface area contributed by atoms with Gasteiger partial charge in [0, 0.05) is 11.6 Å². The summed E-state index contributed by atoms with van der Waals surface area (Å²) in [7, 11) is 0. The zero-order valence-electron chi connectivity index (χ0n) is 11.1. The van der Waals surface area contributed by atoms with E-state index in [1.165, 1.54) is 0 Å². The van der Waals surface area contributed by atoms with E-state index < -0.39 is 0 Å². The van der Waals surface area contributed by atoms with Gasteiger partial charge < -0.3 is 10.5 Å². The van der Waals surface area contributed by atoms with Crippen molar-refractivity contribution in [3.05, 3.63) is 29.8 Å². The molecule has 1 aromatic carbocycles. The highest BCUT2D eigenvalue weighted by Crippen LogP contribution is 2.28. The maximum atomic E-state index is 6.19. The van der Waals surface area contributed by atoms with E-state index in [1.54, 1.807) is 0 Å². The number of ether oxygens (including phenoxy) is 1. The molecule has 0 amide bonds. The molecule has 0 radical (unpaired) electrons. The molecule has 0 heterocycles. The van der Waals surface area contributed by atoms with Gasteiger partial charge in [-0.1, -0.05) is 32.0 Å². The molecule has 0 aliphatic heterocycles. The lowest BCUT2D eigenvalue weighted by Gasteiger charge is -2.19. The third-order valence-corrected chi connectivity index (χ3v) is 2.41. The molecular formula is C14H24ClNO. The molecule has 0 saturated heterocycles. The normalized spacial score (nSPS) is 12.4. The second-order valence-corrected chi connectivity index (χ2v) is 4.94. The van der Waals surface area contributed by atoms with Crippen LogP contribution in [0.1, 0.15) is 45.7 Å². The molecule has 98 valence electrons. The Labute approximate surface area is 111 Å². The Morgan fingerprint density at radius 3 is 2.24 bits per heavy atom. The summed E-state index contributed by atoms with van der Waals surface area (Å²) >= 11 is 0. The zero-order chi connectivity index (χ0) is 12.1. The quantitative estimate of drug-likeness (QED) is 0.867. The minimum atomic E-state index is 0. The second kappa shape index (κ2) is 7.57. The zero-order valence-corrected chi connectivity index (χ0v) is 12.0. The predicted octanol–water partition coefficient (Wildman–Crippen LogP) is 3.94. The summed E-state index contributed by atoms with van der Waals surface area (Å²) in [6.07, 6.45) is 1.17. The number of halogens is 1. The van der Waals surface area contributed by atoms with Crippen LogP contribution in [0.5, 0.6) is 5.75 Å². The topological polar surface area (TPSA) is 35.2 Å². The van der Waals surface area contributed by atoms with Gasteiger partial charge >= 0.3 is 0 Å². The third kappa shape index (κ3) is 5.42. The average molecular weight is 258 g/mol. The largest absolute Gasteiger partial charge is 0.491 e. The first-order valence-corrected chi connectivity index (χ1v) is 6.02. The fourth-order valence-corrected chi connectivity index (χ4v) is 1.78. The molecule has 17 heavy (non-hydrogen) atoms. The monoisotopic (exact) mass is 257 g/mol. The number of nitrogens with two attached hydrogens (primary N) is 1. The first-order valence-electron chi connectivity index (χ1n) is 6.02. The van der Waals surface area contributed by atoms with Crippen LogP contribution in [0.4, 0.5) is 0 Å². The standard InChI is InChI=1S/C14H23NO.ClH/c1-10(2)9-13(15)12-7-5-6-8-14(12)16-11(3)4;/h5-8,10-11,13H,9,15H2,1-4H3;1H/t13-;/m1./s1. The summed E-state index contributed by atoms with van der Waals surface area (Å²) in [4.78, 5) is 0. The van der Waals surface area contributed by atoms with Gasteiger partial charge in [0.05, 0.1) is 6.10 Å². The Bertz CT molecular complexity index is 326. The summed E-state index contributed by atoms with van der Waals surface area (Å²) in [6, 6.07) is 8.13. The molecule has 2 N–H and O–H groups in total. The van der Waals surface area contributed by atoms with Gasteiger partial charge in [-0.3, -0.25) is 0 Å². The summed E-state index contributed by atoms with van der Waals surface area (Å²) < 4.78 is 5.77. The van der Waals surface area contributed by atoms with Crippen molar-refractivity contribution in [1.29, 1.82) is 0 Å². The SMILES string of the molecule is CC(C)C[C@@H](N)c1ccccc1OC(C)C.Cl. The van der Waals surface area contributed by atoms with Crippen LogP contribution in [0.15, 0.2) is 24.3 Å². The van der Waals surface area contributed by atoms with Crippen molar-refractivity contribution in [1.82, 2.24) is 0 Å². The van der Waals surface area contributed by atoms with Crippen LogP contribution in [0.2, 0.25) is 0 Å². The van der Waals surface area contributed by atoms with Gasteiger partial charge in [0.1, 0.15) is 5.75 Å². The van der Waals surface area contributed by atoms with Gasteiger partial charge in [0.25, 0.3) is 0 Å². The van der Waals surface area contributed by atoms with E-state index in [0.717, 1.165) is 17.7 Å². The van der Waals surface area contributed by atoms with Crippen LogP contribution in [-0.4, -0.2) is 6.10 Å². The van der Waals surface area contributed by atoms with Crippen molar-refractivity contribution in [2.75, 3.05) is 0 Å². The Balaban J connectivity index is 0.00000256. The van der Waals surface area contributed by atoms with Crippen molar-refractivity contribution in [2.45, 2.75) is 46.3 Å². The van der Waals surface area contributed by atoms with E-state index >= 15 is 0 Å². The third-order valence-electron chi connectivity index (χ3n) is 2.41. The van der Waals surface area contributed by atoms with Crippen LogP contribution >= 0.6 is 12.4 Å². The van der Waals surface area contributed by atoms with Gasteiger partial charge in [-0.2, -0.15) is 0 Å². The maximum Gasteiger partial charge on any atom is 0.124 e. The number of hydrogen-bond donors (Lipinski definition) is 1. The molecule has 1 rings (SSSR count). The fourth-order valence-electron chi connectivity index (χ4n) is 1.78. The second-order valence-electron chi connectivity index (χ2n) is 4.94. The molecule has 0 spiro atoms. The minimum Gasteiger partial charge on any atom is -0.491 e. The smallest absolute Gasteiger partial charge is 0.124 e. The van der Waals surface area contributed by atoms with Crippen molar-refractivity contribution in [2.24, 2.45) is 11.7 Å².